The Bertz CT molecular complexity index is 1270. The summed E-state index contributed by atoms with van der Waals surface area (Å²) in [6.45, 7) is 6.00. The Labute approximate surface area is 156 Å². The van der Waals surface area contributed by atoms with Gasteiger partial charge in [-0.2, -0.15) is 0 Å². The van der Waals surface area contributed by atoms with Gasteiger partial charge in [-0.1, -0.05) is 13.8 Å². The lowest BCUT2D eigenvalue weighted by Crippen LogP contribution is -2.23. The summed E-state index contributed by atoms with van der Waals surface area (Å²) in [7, 11) is -3.77. The average Bonchev–Trinajstić information content (AvgIpc) is 2.83. The number of nitrogens with zero attached hydrogens (tertiary/aromatic N) is 1. The van der Waals surface area contributed by atoms with Crippen LogP contribution in [0.2, 0.25) is 0 Å². The molecule has 6 nitrogen and oxygen atoms in total. The molecule has 138 valence electrons. The van der Waals surface area contributed by atoms with Gasteiger partial charge in [0.05, 0.1) is 10.6 Å². The van der Waals surface area contributed by atoms with Crippen molar-refractivity contribution in [3.8, 4) is 0 Å². The molecule has 0 unspecified atom stereocenters. The van der Waals surface area contributed by atoms with E-state index in [4.69, 9.17) is 4.42 Å². The fraction of sp³-hybridized carbons (Fsp3) is 0.200. The van der Waals surface area contributed by atoms with E-state index >= 15 is 0 Å². The molecule has 27 heavy (non-hydrogen) atoms. The molecule has 1 aromatic heterocycles. The highest BCUT2D eigenvalue weighted by Crippen LogP contribution is 2.41. The molecule has 0 aliphatic carbocycles. The van der Waals surface area contributed by atoms with Crippen LogP contribution in [0.25, 0.3) is 11.0 Å². The van der Waals surface area contributed by atoms with E-state index in [0.29, 0.717) is 16.7 Å². The SMILES string of the molecule is CC1=Nc2ccc(S(=O)(=O)Nc3ccc4oc(=O)ccc4c3)cc2C1(C)C. The summed E-state index contributed by atoms with van der Waals surface area (Å²) < 4.78 is 33.4. The Morgan fingerprint density at radius 3 is 2.59 bits per heavy atom. The number of sulfonamides is 1. The normalized spacial score (nSPS) is 15.4. The summed E-state index contributed by atoms with van der Waals surface area (Å²) in [6.07, 6.45) is 0. The maximum atomic E-state index is 12.9. The molecule has 1 N–H and O–H groups in total. The lowest BCUT2D eigenvalue weighted by molar-refractivity contribution is 0.561. The number of anilines is 1. The summed E-state index contributed by atoms with van der Waals surface area (Å²) in [5.41, 5.74) is 2.69. The lowest BCUT2D eigenvalue weighted by Gasteiger charge is -2.20. The summed E-state index contributed by atoms with van der Waals surface area (Å²) >= 11 is 0. The van der Waals surface area contributed by atoms with Crippen molar-refractivity contribution in [2.45, 2.75) is 31.1 Å². The van der Waals surface area contributed by atoms with Crippen LogP contribution in [0.3, 0.4) is 0 Å². The quantitative estimate of drug-likeness (QED) is 0.694. The van der Waals surface area contributed by atoms with Crippen molar-refractivity contribution in [2.75, 3.05) is 4.72 Å². The standard InChI is InChI=1S/C20H18N2O4S/c1-12-20(2,3)16-11-15(6-7-17(16)21-12)27(24,25)22-14-5-8-18-13(10-14)4-9-19(23)26-18/h4-11,22H,1-3H3. The second-order valence-corrected chi connectivity index (χ2v) is 8.80. The van der Waals surface area contributed by atoms with E-state index in [0.717, 1.165) is 17.0 Å². The Morgan fingerprint density at radius 1 is 1.04 bits per heavy atom. The molecule has 4 rings (SSSR count). The lowest BCUT2D eigenvalue weighted by atomic mass is 9.82. The Morgan fingerprint density at radius 2 is 1.81 bits per heavy atom. The highest BCUT2D eigenvalue weighted by molar-refractivity contribution is 7.92. The van der Waals surface area contributed by atoms with Crippen LogP contribution in [-0.2, 0) is 15.4 Å². The number of nitrogens with one attached hydrogen (secondary N) is 1. The van der Waals surface area contributed by atoms with E-state index in [1.807, 2.05) is 20.8 Å². The maximum Gasteiger partial charge on any atom is 0.336 e. The van der Waals surface area contributed by atoms with Crippen molar-refractivity contribution in [2.24, 2.45) is 4.99 Å². The van der Waals surface area contributed by atoms with Gasteiger partial charge in [0.15, 0.2) is 0 Å². The van der Waals surface area contributed by atoms with E-state index in [1.165, 1.54) is 6.07 Å². The summed E-state index contributed by atoms with van der Waals surface area (Å²) in [5, 5.41) is 0.633. The van der Waals surface area contributed by atoms with E-state index in [1.54, 1.807) is 42.5 Å². The molecule has 7 heteroatoms. The van der Waals surface area contributed by atoms with Crippen LogP contribution in [0, 0.1) is 0 Å². The Hall–Kier alpha value is -2.93. The highest BCUT2D eigenvalue weighted by Gasteiger charge is 2.33. The van der Waals surface area contributed by atoms with Gasteiger partial charge < -0.3 is 4.42 Å². The van der Waals surface area contributed by atoms with Crippen molar-refractivity contribution in [3.63, 3.8) is 0 Å². The molecule has 0 amide bonds. The van der Waals surface area contributed by atoms with E-state index < -0.39 is 15.6 Å². The van der Waals surface area contributed by atoms with Crippen molar-refractivity contribution in [1.82, 2.24) is 0 Å². The molecule has 0 bridgehead atoms. The molecular formula is C20H18N2O4S. The number of hydrogen-bond donors (Lipinski definition) is 1. The first-order valence-corrected chi connectivity index (χ1v) is 9.92. The Kier molecular flexibility index (Phi) is 3.75. The predicted octanol–water partition coefficient (Wildman–Crippen LogP) is 3.98. The molecule has 1 aliphatic rings. The second kappa shape index (κ2) is 5.79. The molecule has 0 saturated carbocycles. The van der Waals surface area contributed by atoms with Gasteiger partial charge in [0.25, 0.3) is 10.0 Å². The average molecular weight is 382 g/mol. The first kappa shape index (κ1) is 17.5. The number of hydrogen-bond acceptors (Lipinski definition) is 5. The first-order valence-electron chi connectivity index (χ1n) is 8.44. The minimum atomic E-state index is -3.77. The molecule has 3 aromatic rings. The molecule has 2 heterocycles. The smallest absolute Gasteiger partial charge is 0.336 e. The van der Waals surface area contributed by atoms with Crippen molar-refractivity contribution in [3.05, 3.63) is 64.5 Å². The molecule has 0 saturated heterocycles. The van der Waals surface area contributed by atoms with Crippen LogP contribution in [0.5, 0.6) is 0 Å². The van der Waals surface area contributed by atoms with Crippen molar-refractivity contribution < 1.29 is 12.8 Å². The second-order valence-electron chi connectivity index (χ2n) is 7.11. The summed E-state index contributed by atoms with van der Waals surface area (Å²) in [5.74, 6) is 0. The Balaban J connectivity index is 1.70. The highest BCUT2D eigenvalue weighted by atomic mass is 32.2. The molecule has 2 aromatic carbocycles. The van der Waals surface area contributed by atoms with Gasteiger partial charge in [0, 0.05) is 28.3 Å². The molecule has 1 aliphatic heterocycles. The van der Waals surface area contributed by atoms with Crippen LogP contribution in [0.4, 0.5) is 11.4 Å². The van der Waals surface area contributed by atoms with Gasteiger partial charge in [-0.25, -0.2) is 13.2 Å². The number of benzene rings is 2. The zero-order chi connectivity index (χ0) is 19.4. The third-order valence-electron chi connectivity index (χ3n) is 5.02. The van der Waals surface area contributed by atoms with E-state index in [-0.39, 0.29) is 10.3 Å². The van der Waals surface area contributed by atoms with Crippen molar-refractivity contribution >= 4 is 38.1 Å². The predicted molar refractivity (Wildman–Crippen MR) is 106 cm³/mol. The third-order valence-corrected chi connectivity index (χ3v) is 6.39. The number of fused-ring (bicyclic) bond motifs is 2. The third kappa shape index (κ3) is 2.94. The minimum Gasteiger partial charge on any atom is -0.423 e. The van der Waals surface area contributed by atoms with Gasteiger partial charge in [0.1, 0.15) is 5.58 Å². The van der Waals surface area contributed by atoms with Crippen LogP contribution >= 0.6 is 0 Å². The van der Waals surface area contributed by atoms with Gasteiger partial charge in [0.2, 0.25) is 0 Å². The number of rotatable bonds is 3. The van der Waals surface area contributed by atoms with Gasteiger partial charge in [-0.05, 0) is 55.0 Å². The monoisotopic (exact) mass is 382 g/mol. The van der Waals surface area contributed by atoms with Gasteiger partial charge in [-0.3, -0.25) is 9.71 Å². The van der Waals surface area contributed by atoms with Gasteiger partial charge >= 0.3 is 5.63 Å². The molecule has 0 spiro atoms. The zero-order valence-electron chi connectivity index (χ0n) is 15.1. The molecule has 0 fully saturated rings. The maximum absolute atomic E-state index is 12.9. The van der Waals surface area contributed by atoms with E-state index in [9.17, 15) is 13.2 Å². The minimum absolute atomic E-state index is 0.180. The number of aliphatic imine (C=N–C) groups is 1. The fourth-order valence-corrected chi connectivity index (χ4v) is 4.22. The summed E-state index contributed by atoms with van der Waals surface area (Å²) in [4.78, 5) is 16.0. The fourth-order valence-electron chi connectivity index (χ4n) is 3.15. The van der Waals surface area contributed by atoms with Crippen LogP contribution < -0.4 is 10.3 Å². The van der Waals surface area contributed by atoms with Crippen LogP contribution in [0.15, 0.2) is 67.6 Å². The molecule has 0 radical (unpaired) electrons. The zero-order valence-corrected chi connectivity index (χ0v) is 15.9. The topological polar surface area (TPSA) is 88.7 Å². The van der Waals surface area contributed by atoms with E-state index in [2.05, 4.69) is 9.71 Å². The van der Waals surface area contributed by atoms with Crippen molar-refractivity contribution in [1.29, 1.82) is 0 Å². The first-order chi connectivity index (χ1) is 12.7. The largest absolute Gasteiger partial charge is 0.423 e. The van der Waals surface area contributed by atoms with Gasteiger partial charge in [-0.15, -0.1) is 0 Å². The molecule has 0 atom stereocenters. The van der Waals surface area contributed by atoms with Crippen LogP contribution in [-0.4, -0.2) is 14.1 Å². The summed E-state index contributed by atoms with van der Waals surface area (Å²) in [6, 6.07) is 12.6. The molecular weight excluding hydrogens is 364 g/mol. The van der Waals surface area contributed by atoms with Crippen LogP contribution in [0.1, 0.15) is 26.3 Å².